The fourth-order valence-electron chi connectivity index (χ4n) is 2.62. The van der Waals surface area contributed by atoms with E-state index in [1.165, 1.54) is 0 Å². The molecule has 0 aliphatic heterocycles. The summed E-state index contributed by atoms with van der Waals surface area (Å²) in [6, 6.07) is 11.5. The van der Waals surface area contributed by atoms with Gasteiger partial charge in [-0.15, -0.1) is 0 Å². The molecule has 0 atom stereocenters. The summed E-state index contributed by atoms with van der Waals surface area (Å²) >= 11 is 0. The van der Waals surface area contributed by atoms with Gasteiger partial charge in [-0.25, -0.2) is 9.67 Å². The summed E-state index contributed by atoms with van der Waals surface area (Å²) in [6.45, 7) is 3.09. The highest BCUT2D eigenvalue weighted by atomic mass is 16.5. The van der Waals surface area contributed by atoms with Gasteiger partial charge < -0.3 is 20.1 Å². The maximum atomic E-state index is 5.62. The van der Waals surface area contributed by atoms with E-state index in [0.717, 1.165) is 17.1 Å². The molecule has 1 aromatic carbocycles. The Morgan fingerprint density at radius 3 is 2.79 bits per heavy atom. The molecule has 2 N–H and O–H groups in total. The molecule has 2 heterocycles. The highest BCUT2D eigenvalue weighted by Crippen LogP contribution is 2.30. The third-order valence-electron chi connectivity index (χ3n) is 3.96. The first-order valence-corrected chi connectivity index (χ1v) is 8.97. The molecule has 3 aromatic rings. The molecular formula is C20H24N6O2. The molecule has 0 aliphatic carbocycles. The van der Waals surface area contributed by atoms with Gasteiger partial charge in [0.25, 0.3) is 0 Å². The molecule has 2 aromatic heterocycles. The van der Waals surface area contributed by atoms with Crippen molar-refractivity contribution in [1.29, 1.82) is 0 Å². The lowest BCUT2D eigenvalue weighted by atomic mass is 10.2. The average molecular weight is 380 g/mol. The fraction of sp³-hybridized carbons (Fsp3) is 0.250. The number of ether oxygens (including phenoxy) is 2. The van der Waals surface area contributed by atoms with Crippen LogP contribution in [0.25, 0.3) is 5.82 Å². The van der Waals surface area contributed by atoms with Gasteiger partial charge in [0.1, 0.15) is 0 Å². The van der Waals surface area contributed by atoms with Crippen molar-refractivity contribution in [3.63, 3.8) is 0 Å². The number of hydrogen-bond acceptors (Lipinski definition) is 5. The second kappa shape index (κ2) is 9.40. The van der Waals surface area contributed by atoms with Crippen LogP contribution < -0.4 is 20.1 Å². The van der Waals surface area contributed by atoms with Crippen LogP contribution in [0.2, 0.25) is 0 Å². The van der Waals surface area contributed by atoms with Crippen molar-refractivity contribution < 1.29 is 9.47 Å². The highest BCUT2D eigenvalue weighted by molar-refractivity contribution is 5.93. The van der Waals surface area contributed by atoms with E-state index in [1.807, 2.05) is 49.5 Å². The average Bonchev–Trinajstić information content (AvgIpc) is 3.27. The van der Waals surface area contributed by atoms with Gasteiger partial charge in [-0.1, -0.05) is 0 Å². The molecular weight excluding hydrogens is 356 g/mol. The molecule has 8 nitrogen and oxygen atoms in total. The topological polar surface area (TPSA) is 85.6 Å². The summed E-state index contributed by atoms with van der Waals surface area (Å²) in [5.74, 6) is 2.79. The van der Waals surface area contributed by atoms with Crippen molar-refractivity contribution in [3.8, 4) is 17.3 Å². The maximum absolute atomic E-state index is 5.62. The van der Waals surface area contributed by atoms with E-state index in [-0.39, 0.29) is 0 Å². The Bertz CT molecular complexity index is 924. The van der Waals surface area contributed by atoms with E-state index in [4.69, 9.17) is 9.47 Å². The SMILES string of the molecule is CCOc1cc(NC(=NC)NCc2ccnc(-n3cccn3)c2)ccc1OC. The minimum Gasteiger partial charge on any atom is -0.493 e. The summed E-state index contributed by atoms with van der Waals surface area (Å²) < 4.78 is 12.7. The molecule has 8 heteroatoms. The first-order chi connectivity index (χ1) is 13.7. The lowest BCUT2D eigenvalue weighted by Gasteiger charge is -2.15. The van der Waals surface area contributed by atoms with E-state index >= 15 is 0 Å². The first-order valence-electron chi connectivity index (χ1n) is 8.97. The van der Waals surface area contributed by atoms with Gasteiger partial charge in [-0.2, -0.15) is 5.10 Å². The van der Waals surface area contributed by atoms with Crippen LogP contribution in [0.15, 0.2) is 60.0 Å². The Morgan fingerprint density at radius 2 is 2.07 bits per heavy atom. The Kier molecular flexibility index (Phi) is 6.46. The number of aromatic nitrogens is 3. The smallest absolute Gasteiger partial charge is 0.195 e. The molecule has 0 amide bonds. The molecule has 0 radical (unpaired) electrons. The fourth-order valence-corrected chi connectivity index (χ4v) is 2.62. The lowest BCUT2D eigenvalue weighted by molar-refractivity contribution is 0.311. The van der Waals surface area contributed by atoms with Crippen molar-refractivity contribution in [2.75, 3.05) is 26.1 Å². The first kappa shape index (κ1) is 19.2. The predicted octanol–water partition coefficient (Wildman–Crippen LogP) is 2.86. The molecule has 0 fully saturated rings. The third kappa shape index (κ3) is 4.79. The zero-order chi connectivity index (χ0) is 19.8. The quantitative estimate of drug-likeness (QED) is 0.484. The number of pyridine rings is 1. The molecule has 28 heavy (non-hydrogen) atoms. The van der Waals surface area contributed by atoms with E-state index < -0.39 is 0 Å². The van der Waals surface area contributed by atoms with Gasteiger partial charge in [-0.05, 0) is 42.8 Å². The number of methoxy groups -OCH3 is 1. The van der Waals surface area contributed by atoms with E-state index in [1.54, 1.807) is 31.2 Å². The van der Waals surface area contributed by atoms with Crippen LogP contribution >= 0.6 is 0 Å². The van der Waals surface area contributed by atoms with Crippen molar-refractivity contribution in [1.82, 2.24) is 20.1 Å². The van der Waals surface area contributed by atoms with Gasteiger partial charge in [0.05, 0.1) is 13.7 Å². The Morgan fingerprint density at radius 1 is 1.18 bits per heavy atom. The zero-order valence-electron chi connectivity index (χ0n) is 16.2. The normalized spacial score (nSPS) is 11.2. The molecule has 0 spiro atoms. The highest BCUT2D eigenvalue weighted by Gasteiger charge is 2.07. The van der Waals surface area contributed by atoms with Crippen LogP contribution in [0.5, 0.6) is 11.5 Å². The van der Waals surface area contributed by atoms with Gasteiger partial charge in [0.2, 0.25) is 0 Å². The largest absolute Gasteiger partial charge is 0.493 e. The number of hydrogen-bond donors (Lipinski definition) is 2. The summed E-state index contributed by atoms with van der Waals surface area (Å²) in [4.78, 5) is 8.62. The van der Waals surface area contributed by atoms with Crippen molar-refractivity contribution >= 4 is 11.6 Å². The van der Waals surface area contributed by atoms with Gasteiger partial charge in [0.15, 0.2) is 23.3 Å². The van der Waals surface area contributed by atoms with Crippen LogP contribution in [-0.4, -0.2) is 41.5 Å². The second-order valence-electron chi connectivity index (χ2n) is 5.82. The standard InChI is InChI=1S/C20H24N6O2/c1-4-28-18-13-16(6-7-17(18)27-3)25-20(21-2)23-14-15-8-10-22-19(12-15)26-11-5-9-24-26/h5-13H,4,14H2,1-3H3,(H2,21,23,25). The van der Waals surface area contributed by atoms with E-state index in [0.29, 0.717) is 30.6 Å². The summed E-state index contributed by atoms with van der Waals surface area (Å²) in [7, 11) is 3.35. The van der Waals surface area contributed by atoms with Crippen LogP contribution in [0.1, 0.15) is 12.5 Å². The zero-order valence-corrected chi connectivity index (χ0v) is 16.2. The molecule has 0 saturated carbocycles. The molecule has 146 valence electrons. The third-order valence-corrected chi connectivity index (χ3v) is 3.96. The molecule has 0 saturated heterocycles. The molecule has 3 rings (SSSR count). The van der Waals surface area contributed by atoms with Gasteiger partial charge >= 0.3 is 0 Å². The summed E-state index contributed by atoms with van der Waals surface area (Å²) in [6.07, 6.45) is 5.35. The summed E-state index contributed by atoms with van der Waals surface area (Å²) in [5.41, 5.74) is 1.91. The lowest BCUT2D eigenvalue weighted by Crippen LogP contribution is -2.30. The Hall–Kier alpha value is -3.55. The monoisotopic (exact) mass is 380 g/mol. The number of benzene rings is 1. The Balaban J connectivity index is 1.66. The number of nitrogens with zero attached hydrogens (tertiary/aromatic N) is 4. The van der Waals surface area contributed by atoms with Crippen LogP contribution in [-0.2, 0) is 6.54 Å². The number of guanidine groups is 1. The minimum atomic E-state index is 0.563. The van der Waals surface area contributed by atoms with Crippen LogP contribution in [0.4, 0.5) is 5.69 Å². The number of anilines is 1. The predicted molar refractivity (Wildman–Crippen MR) is 109 cm³/mol. The van der Waals surface area contributed by atoms with Gasteiger partial charge in [0, 0.05) is 43.9 Å². The number of aliphatic imine (C=N–C) groups is 1. The van der Waals surface area contributed by atoms with Crippen LogP contribution in [0.3, 0.4) is 0 Å². The van der Waals surface area contributed by atoms with Gasteiger partial charge in [-0.3, -0.25) is 4.99 Å². The number of rotatable bonds is 7. The maximum Gasteiger partial charge on any atom is 0.195 e. The summed E-state index contributed by atoms with van der Waals surface area (Å²) in [5, 5.41) is 10.8. The number of nitrogens with one attached hydrogen (secondary N) is 2. The van der Waals surface area contributed by atoms with Crippen molar-refractivity contribution in [2.45, 2.75) is 13.5 Å². The minimum absolute atomic E-state index is 0.563. The Labute approximate surface area is 164 Å². The van der Waals surface area contributed by atoms with E-state index in [2.05, 4.69) is 25.7 Å². The van der Waals surface area contributed by atoms with Crippen molar-refractivity contribution in [2.24, 2.45) is 4.99 Å². The molecule has 0 bridgehead atoms. The van der Waals surface area contributed by atoms with Crippen molar-refractivity contribution in [3.05, 3.63) is 60.6 Å². The molecule has 0 aliphatic rings. The molecule has 0 unspecified atom stereocenters. The van der Waals surface area contributed by atoms with Crippen LogP contribution in [0, 0.1) is 0 Å². The second-order valence-corrected chi connectivity index (χ2v) is 5.82. The van der Waals surface area contributed by atoms with E-state index in [9.17, 15) is 0 Å².